The van der Waals surface area contributed by atoms with Gasteiger partial charge in [0.05, 0.1) is 5.69 Å². The topological polar surface area (TPSA) is 59.8 Å². The van der Waals surface area contributed by atoms with Crippen molar-refractivity contribution in [2.24, 2.45) is 0 Å². The highest BCUT2D eigenvalue weighted by Crippen LogP contribution is 2.23. The zero-order chi connectivity index (χ0) is 21.3. The number of hydrogen-bond acceptors (Lipinski definition) is 3. The molecule has 4 aromatic rings. The molecule has 0 aliphatic carbocycles. The van der Waals surface area contributed by atoms with Crippen molar-refractivity contribution < 1.29 is 4.79 Å². The Bertz CT molecular complexity index is 1140. The van der Waals surface area contributed by atoms with Crippen molar-refractivity contribution in [3.05, 3.63) is 94.8 Å². The molecule has 0 saturated heterocycles. The molecule has 0 radical (unpaired) electrons. The van der Waals surface area contributed by atoms with Crippen LogP contribution in [0, 0.1) is 27.7 Å². The van der Waals surface area contributed by atoms with Gasteiger partial charge in [-0.3, -0.25) is 4.79 Å². The highest BCUT2D eigenvalue weighted by Gasteiger charge is 2.19. The van der Waals surface area contributed by atoms with Crippen molar-refractivity contribution in [1.29, 1.82) is 0 Å². The largest absolute Gasteiger partial charge is 0.319 e. The zero-order valence-electron chi connectivity index (χ0n) is 17.6. The molecule has 150 valence electrons. The van der Waals surface area contributed by atoms with Crippen LogP contribution >= 0.6 is 0 Å². The summed E-state index contributed by atoms with van der Waals surface area (Å²) in [6, 6.07) is 22.0. The molecule has 0 saturated carbocycles. The predicted molar refractivity (Wildman–Crippen MR) is 120 cm³/mol. The third kappa shape index (κ3) is 4.01. The second-order valence-corrected chi connectivity index (χ2v) is 7.64. The van der Waals surface area contributed by atoms with Gasteiger partial charge in [0, 0.05) is 11.3 Å². The first-order chi connectivity index (χ1) is 14.4. The summed E-state index contributed by atoms with van der Waals surface area (Å²) >= 11 is 0. The summed E-state index contributed by atoms with van der Waals surface area (Å²) in [5.74, 6) is 0.431. The van der Waals surface area contributed by atoms with Crippen LogP contribution in [-0.2, 0) is 0 Å². The molecule has 0 atom stereocenters. The van der Waals surface area contributed by atoms with Crippen molar-refractivity contribution in [2.45, 2.75) is 27.7 Å². The van der Waals surface area contributed by atoms with Gasteiger partial charge in [-0.05, 0) is 57.0 Å². The van der Waals surface area contributed by atoms with Gasteiger partial charge in [-0.1, -0.05) is 59.7 Å². The molecule has 0 spiro atoms. The summed E-state index contributed by atoms with van der Waals surface area (Å²) in [7, 11) is 0. The number of anilines is 1. The first-order valence-electron chi connectivity index (χ1n) is 9.90. The lowest BCUT2D eigenvalue weighted by Crippen LogP contribution is -2.15. The van der Waals surface area contributed by atoms with Gasteiger partial charge in [0.15, 0.2) is 5.82 Å². The number of nitrogens with zero attached hydrogens (tertiary/aromatic N) is 3. The maximum Gasteiger partial charge on any atom is 0.295 e. The first-order valence-corrected chi connectivity index (χ1v) is 9.90. The van der Waals surface area contributed by atoms with Crippen molar-refractivity contribution in [2.75, 3.05) is 5.32 Å². The van der Waals surface area contributed by atoms with Crippen LogP contribution in [0.2, 0.25) is 0 Å². The molecule has 1 heterocycles. The third-order valence-corrected chi connectivity index (χ3v) is 5.04. The lowest BCUT2D eigenvalue weighted by atomic mass is 10.1. The van der Waals surface area contributed by atoms with Crippen molar-refractivity contribution in [3.8, 4) is 17.1 Å². The molecule has 5 heteroatoms. The minimum atomic E-state index is -0.331. The van der Waals surface area contributed by atoms with E-state index in [1.165, 1.54) is 0 Å². The number of benzene rings is 3. The lowest BCUT2D eigenvalue weighted by Gasteiger charge is -2.07. The van der Waals surface area contributed by atoms with Crippen LogP contribution in [0.1, 0.15) is 32.9 Å². The fraction of sp³-hybridized carbons (Fsp3) is 0.160. The maximum atomic E-state index is 13.0. The molecule has 0 bridgehead atoms. The van der Waals surface area contributed by atoms with E-state index in [0.29, 0.717) is 5.82 Å². The molecule has 0 aliphatic heterocycles. The summed E-state index contributed by atoms with van der Waals surface area (Å²) in [4.78, 5) is 17.6. The standard InChI is InChI=1S/C25H24N4O/c1-16-6-11-20(12-7-16)24-27-23(28-29(24)21-13-8-17(2)9-14-21)25(30)26-22-15-18(3)5-10-19(22)4/h5-15H,1-4H3,(H,26,30). The Balaban J connectivity index is 1.76. The summed E-state index contributed by atoms with van der Waals surface area (Å²) in [6.45, 7) is 8.03. The Morgan fingerprint density at radius 3 is 2.07 bits per heavy atom. The van der Waals surface area contributed by atoms with Crippen LogP contribution in [0.15, 0.2) is 66.7 Å². The van der Waals surface area contributed by atoms with Gasteiger partial charge in [-0.15, -0.1) is 5.10 Å². The molecule has 1 amide bonds. The van der Waals surface area contributed by atoms with E-state index < -0.39 is 0 Å². The third-order valence-electron chi connectivity index (χ3n) is 5.04. The van der Waals surface area contributed by atoms with Crippen LogP contribution in [0.25, 0.3) is 17.1 Å². The molecular weight excluding hydrogens is 372 g/mol. The second-order valence-electron chi connectivity index (χ2n) is 7.64. The van der Waals surface area contributed by atoms with E-state index in [0.717, 1.165) is 39.2 Å². The highest BCUT2D eigenvalue weighted by atomic mass is 16.2. The molecule has 1 aromatic heterocycles. The SMILES string of the molecule is Cc1ccc(-c2nc(C(=O)Nc3cc(C)ccc3C)nn2-c2ccc(C)cc2)cc1. The quantitative estimate of drug-likeness (QED) is 0.501. The monoisotopic (exact) mass is 396 g/mol. The van der Waals surface area contributed by atoms with E-state index in [2.05, 4.69) is 15.4 Å². The van der Waals surface area contributed by atoms with Crippen LogP contribution in [0.3, 0.4) is 0 Å². The Morgan fingerprint density at radius 1 is 0.800 bits per heavy atom. The molecule has 0 unspecified atom stereocenters. The number of aromatic nitrogens is 3. The normalized spacial score (nSPS) is 10.8. The van der Waals surface area contributed by atoms with Crippen molar-refractivity contribution in [1.82, 2.24) is 14.8 Å². The smallest absolute Gasteiger partial charge is 0.295 e. The minimum Gasteiger partial charge on any atom is -0.319 e. The Kier molecular flexibility index (Phi) is 5.19. The van der Waals surface area contributed by atoms with Gasteiger partial charge in [0.2, 0.25) is 5.82 Å². The fourth-order valence-electron chi connectivity index (χ4n) is 3.21. The van der Waals surface area contributed by atoms with Crippen molar-refractivity contribution in [3.63, 3.8) is 0 Å². The number of amides is 1. The molecule has 5 nitrogen and oxygen atoms in total. The Labute approximate surface area is 176 Å². The van der Waals surface area contributed by atoms with Gasteiger partial charge in [-0.2, -0.15) is 0 Å². The zero-order valence-corrected chi connectivity index (χ0v) is 17.6. The van der Waals surface area contributed by atoms with E-state index in [1.54, 1.807) is 4.68 Å². The second kappa shape index (κ2) is 7.95. The summed E-state index contributed by atoms with van der Waals surface area (Å²) in [5, 5.41) is 7.50. The molecule has 0 aliphatic rings. The first kappa shape index (κ1) is 19.6. The van der Waals surface area contributed by atoms with E-state index in [1.807, 2.05) is 94.4 Å². The van der Waals surface area contributed by atoms with Gasteiger partial charge < -0.3 is 5.32 Å². The highest BCUT2D eigenvalue weighted by molar-refractivity contribution is 6.02. The fourth-order valence-corrected chi connectivity index (χ4v) is 3.21. The molecule has 30 heavy (non-hydrogen) atoms. The van der Waals surface area contributed by atoms with Crippen molar-refractivity contribution >= 4 is 11.6 Å². The minimum absolute atomic E-state index is 0.132. The average molecular weight is 396 g/mol. The number of aryl methyl sites for hydroxylation is 4. The molecule has 3 aromatic carbocycles. The number of hydrogen-bond donors (Lipinski definition) is 1. The van der Waals surface area contributed by atoms with Gasteiger partial charge >= 0.3 is 0 Å². The van der Waals surface area contributed by atoms with Gasteiger partial charge in [-0.25, -0.2) is 9.67 Å². The van der Waals surface area contributed by atoms with Gasteiger partial charge in [0.1, 0.15) is 0 Å². The summed E-state index contributed by atoms with van der Waals surface area (Å²) in [6.07, 6.45) is 0. The number of rotatable bonds is 4. The molecule has 1 N–H and O–H groups in total. The molecule has 4 rings (SSSR count). The van der Waals surface area contributed by atoms with E-state index in [9.17, 15) is 4.79 Å². The average Bonchev–Trinajstić information content (AvgIpc) is 3.17. The van der Waals surface area contributed by atoms with Crippen LogP contribution in [0.5, 0.6) is 0 Å². The van der Waals surface area contributed by atoms with E-state index in [4.69, 9.17) is 0 Å². The van der Waals surface area contributed by atoms with E-state index in [-0.39, 0.29) is 11.7 Å². The van der Waals surface area contributed by atoms with E-state index >= 15 is 0 Å². The predicted octanol–water partition coefficient (Wildman–Crippen LogP) is 5.42. The lowest BCUT2D eigenvalue weighted by molar-refractivity contribution is 0.101. The molecular formula is C25H24N4O. The maximum absolute atomic E-state index is 13.0. The number of carbonyl (C=O) groups is 1. The Morgan fingerprint density at radius 2 is 1.40 bits per heavy atom. The number of carbonyl (C=O) groups excluding carboxylic acids is 1. The molecule has 0 fully saturated rings. The Hall–Kier alpha value is -3.73. The van der Waals surface area contributed by atoms with Crippen LogP contribution in [0.4, 0.5) is 5.69 Å². The van der Waals surface area contributed by atoms with Crippen LogP contribution in [-0.4, -0.2) is 20.7 Å². The number of nitrogens with one attached hydrogen (secondary N) is 1. The van der Waals surface area contributed by atoms with Crippen LogP contribution < -0.4 is 5.32 Å². The summed E-state index contributed by atoms with van der Waals surface area (Å²) in [5.41, 5.74) is 6.91. The van der Waals surface area contributed by atoms with Gasteiger partial charge in [0.25, 0.3) is 5.91 Å². The summed E-state index contributed by atoms with van der Waals surface area (Å²) < 4.78 is 1.72.